The lowest BCUT2D eigenvalue weighted by Crippen LogP contribution is -1.80. The molecule has 0 atom stereocenters. The summed E-state index contributed by atoms with van der Waals surface area (Å²) < 4.78 is 0. The van der Waals surface area contributed by atoms with E-state index in [9.17, 15) is 0 Å². The maximum atomic E-state index is 3.75. The van der Waals surface area contributed by atoms with Crippen LogP contribution in [0.5, 0.6) is 0 Å². The maximum absolute atomic E-state index is 3.75. The zero-order chi connectivity index (χ0) is 13.3. The fraction of sp³-hybridized carbons (Fsp3) is 0.722. The summed E-state index contributed by atoms with van der Waals surface area (Å²) in [6.45, 7) is 6.02. The predicted molar refractivity (Wildman–Crippen MR) is 83.4 cm³/mol. The van der Waals surface area contributed by atoms with Crippen molar-refractivity contribution in [3.05, 3.63) is 19.1 Å². The van der Waals surface area contributed by atoms with Crippen molar-refractivity contribution < 1.29 is 0 Å². The topological polar surface area (TPSA) is 0 Å². The van der Waals surface area contributed by atoms with E-state index in [0.717, 1.165) is 19.3 Å². The Balaban J connectivity index is 3.09. The molecule has 0 heterocycles. The van der Waals surface area contributed by atoms with Crippen molar-refractivity contribution in [2.75, 3.05) is 0 Å². The van der Waals surface area contributed by atoms with E-state index in [-0.39, 0.29) is 0 Å². The molecule has 0 heteroatoms. The Morgan fingerprint density at radius 2 is 1.39 bits per heavy atom. The van der Waals surface area contributed by atoms with Crippen molar-refractivity contribution in [2.24, 2.45) is 0 Å². The molecule has 0 aromatic heterocycles. The van der Waals surface area contributed by atoms with E-state index in [1.807, 2.05) is 0 Å². The van der Waals surface area contributed by atoms with Crippen molar-refractivity contribution in [3.8, 4) is 11.8 Å². The molecule has 0 amide bonds. The van der Waals surface area contributed by atoms with E-state index in [1.54, 1.807) is 0 Å². The van der Waals surface area contributed by atoms with Gasteiger partial charge in [-0.1, -0.05) is 76.4 Å². The Kier molecular flexibility index (Phi) is 15.7. The van der Waals surface area contributed by atoms with Gasteiger partial charge in [0.05, 0.1) is 0 Å². The third-order valence-electron chi connectivity index (χ3n) is 3.08. The van der Waals surface area contributed by atoms with E-state index < -0.39 is 0 Å². The normalized spacial score (nSPS) is 10.6. The van der Waals surface area contributed by atoms with E-state index in [2.05, 4.69) is 37.8 Å². The molecule has 0 aromatic rings. The van der Waals surface area contributed by atoms with Crippen molar-refractivity contribution in [1.82, 2.24) is 0 Å². The highest BCUT2D eigenvalue weighted by atomic mass is 14.0. The smallest absolute Gasteiger partial charge is 0.0269 e. The monoisotopic (exact) mass is 247 g/mol. The van der Waals surface area contributed by atoms with Gasteiger partial charge in [0.15, 0.2) is 0 Å². The van der Waals surface area contributed by atoms with Gasteiger partial charge in [-0.25, -0.2) is 0 Å². The van der Waals surface area contributed by atoms with Gasteiger partial charge in [-0.2, -0.15) is 0 Å². The Bertz CT molecular complexity index is 226. The second kappa shape index (κ2) is 16.3. The third-order valence-corrected chi connectivity index (χ3v) is 3.08. The van der Waals surface area contributed by atoms with Gasteiger partial charge in [-0.05, 0) is 19.8 Å². The summed E-state index contributed by atoms with van der Waals surface area (Å²) in [5, 5.41) is 0. The largest absolute Gasteiger partial charge is 0.103 e. The minimum Gasteiger partial charge on any atom is -0.103 e. The van der Waals surface area contributed by atoms with Crippen LogP contribution in [-0.2, 0) is 0 Å². The molecule has 0 rings (SSSR count). The van der Waals surface area contributed by atoms with Crippen LogP contribution in [0.1, 0.15) is 84.0 Å². The molecule has 0 saturated heterocycles. The van der Waals surface area contributed by atoms with Gasteiger partial charge in [0, 0.05) is 12.8 Å². The number of rotatable bonds is 11. The Morgan fingerprint density at radius 3 is 2.00 bits per heavy atom. The highest BCUT2D eigenvalue weighted by molar-refractivity contribution is 5.04. The molecule has 103 valence electrons. The average Bonchev–Trinajstić information content (AvgIpc) is 2.39. The van der Waals surface area contributed by atoms with Gasteiger partial charge in [-0.3, -0.25) is 0 Å². The number of allylic oxidation sites excluding steroid dienone is 2. The molecule has 0 unspecified atom stereocenters. The Morgan fingerprint density at radius 1 is 0.778 bits per heavy atom. The molecule has 0 aliphatic heterocycles. The number of hydrogen-bond donors (Lipinski definition) is 0. The molecule has 0 spiro atoms. The third kappa shape index (κ3) is 15.3. The van der Waals surface area contributed by atoms with Crippen LogP contribution in [-0.4, -0.2) is 0 Å². The number of hydrogen-bond acceptors (Lipinski definition) is 0. The molecule has 0 aliphatic rings. The molecule has 0 saturated carbocycles. The van der Waals surface area contributed by atoms with Gasteiger partial charge >= 0.3 is 0 Å². The van der Waals surface area contributed by atoms with Gasteiger partial charge < -0.3 is 0 Å². The van der Waals surface area contributed by atoms with E-state index in [0.29, 0.717) is 0 Å². The molecule has 0 fully saturated rings. The van der Waals surface area contributed by atoms with Crippen LogP contribution in [0.4, 0.5) is 0 Å². The predicted octanol–water partition coefficient (Wildman–Crippen LogP) is 6.08. The molecule has 0 aromatic carbocycles. The van der Waals surface area contributed by atoms with Crippen molar-refractivity contribution >= 4 is 0 Å². The van der Waals surface area contributed by atoms with Gasteiger partial charge in [0.25, 0.3) is 0 Å². The summed E-state index contributed by atoms with van der Waals surface area (Å²) in [5.41, 5.74) is 0. The Labute approximate surface area is 115 Å². The lowest BCUT2D eigenvalue weighted by Gasteiger charge is -2.00. The van der Waals surface area contributed by atoms with Crippen LogP contribution in [0.25, 0.3) is 0 Å². The molecular formula is C18H31. The van der Waals surface area contributed by atoms with E-state index in [1.165, 1.54) is 57.8 Å². The van der Waals surface area contributed by atoms with Crippen LogP contribution in [0.2, 0.25) is 0 Å². The van der Waals surface area contributed by atoms with Crippen LogP contribution in [0.3, 0.4) is 0 Å². The van der Waals surface area contributed by atoms with Crippen molar-refractivity contribution in [1.29, 1.82) is 0 Å². The first kappa shape index (κ1) is 17.3. The summed E-state index contributed by atoms with van der Waals surface area (Å²) in [7, 11) is 0. The summed E-state index contributed by atoms with van der Waals surface area (Å²) in [6, 6.07) is 0. The zero-order valence-corrected chi connectivity index (χ0v) is 12.3. The Hall–Kier alpha value is -0.700. The maximum Gasteiger partial charge on any atom is 0.0269 e. The van der Waals surface area contributed by atoms with Crippen molar-refractivity contribution in [3.63, 3.8) is 0 Å². The van der Waals surface area contributed by atoms with E-state index in [4.69, 9.17) is 0 Å². The van der Waals surface area contributed by atoms with Crippen LogP contribution >= 0.6 is 0 Å². The van der Waals surface area contributed by atoms with Crippen LogP contribution in [0.15, 0.2) is 12.2 Å². The lowest BCUT2D eigenvalue weighted by atomic mass is 10.1. The van der Waals surface area contributed by atoms with Gasteiger partial charge in [0.2, 0.25) is 0 Å². The van der Waals surface area contributed by atoms with Crippen LogP contribution < -0.4 is 0 Å². The first-order valence-corrected chi connectivity index (χ1v) is 7.81. The second-order valence-corrected chi connectivity index (χ2v) is 4.90. The minimum absolute atomic E-state index is 0.875. The van der Waals surface area contributed by atoms with Gasteiger partial charge in [-0.15, -0.1) is 5.92 Å². The molecule has 0 N–H and O–H groups in total. The van der Waals surface area contributed by atoms with Crippen molar-refractivity contribution in [2.45, 2.75) is 84.0 Å². The minimum atomic E-state index is 0.875. The summed E-state index contributed by atoms with van der Waals surface area (Å²) in [6.07, 6.45) is 19.6. The molecule has 18 heavy (non-hydrogen) atoms. The summed E-state index contributed by atoms with van der Waals surface area (Å²) in [4.78, 5) is 0. The van der Waals surface area contributed by atoms with E-state index >= 15 is 0 Å². The summed E-state index contributed by atoms with van der Waals surface area (Å²) >= 11 is 0. The quantitative estimate of drug-likeness (QED) is 0.236. The van der Waals surface area contributed by atoms with Gasteiger partial charge in [0.1, 0.15) is 0 Å². The highest BCUT2D eigenvalue weighted by Gasteiger charge is 1.90. The molecular weight excluding hydrogens is 216 g/mol. The first-order valence-electron chi connectivity index (χ1n) is 7.81. The SMILES string of the molecule is [CH2]C/C=C/CC#CCCCCCCCCCCC. The average molecular weight is 247 g/mol. The zero-order valence-electron chi connectivity index (χ0n) is 12.3. The fourth-order valence-electron chi connectivity index (χ4n) is 1.94. The first-order chi connectivity index (χ1) is 8.91. The van der Waals surface area contributed by atoms with Crippen LogP contribution in [0, 0.1) is 18.8 Å². The lowest BCUT2D eigenvalue weighted by molar-refractivity contribution is 0.567. The second-order valence-electron chi connectivity index (χ2n) is 4.90. The summed E-state index contributed by atoms with van der Waals surface area (Å²) in [5.74, 6) is 6.42. The molecule has 0 nitrogen and oxygen atoms in total. The number of unbranched alkanes of at least 4 members (excludes halogenated alkanes) is 9. The highest BCUT2D eigenvalue weighted by Crippen LogP contribution is 2.10. The fourth-order valence-corrected chi connectivity index (χ4v) is 1.94. The molecule has 1 radical (unpaired) electrons. The molecule has 0 aliphatic carbocycles. The standard InChI is InChI=1S/C18H31/c1-3-5-7-9-11-13-15-17-18-16-14-12-10-8-6-4-2/h5,7H,1,3-4,6,8-10,12,14-18H2,2H3/b7-5+. The molecule has 0 bridgehead atoms.